The number of aromatic carboxylic acids is 1. The van der Waals surface area contributed by atoms with Gasteiger partial charge in [-0.05, 0) is 41.3 Å². The maximum absolute atomic E-state index is 12.8. The van der Waals surface area contributed by atoms with E-state index in [4.69, 9.17) is 9.84 Å². The molecule has 7 nitrogen and oxygen atoms in total. The first kappa shape index (κ1) is 25.8. The summed E-state index contributed by atoms with van der Waals surface area (Å²) < 4.78 is 48.6. The van der Waals surface area contributed by atoms with Gasteiger partial charge in [-0.3, -0.25) is 9.80 Å². The van der Waals surface area contributed by atoms with Gasteiger partial charge in [0.25, 0.3) is 0 Å². The molecule has 36 heavy (non-hydrogen) atoms. The topological polar surface area (TPSA) is 79.3 Å². The van der Waals surface area contributed by atoms with E-state index in [-0.39, 0.29) is 11.3 Å². The highest BCUT2D eigenvalue weighted by Gasteiger charge is 2.47. The van der Waals surface area contributed by atoms with Crippen molar-refractivity contribution in [2.75, 3.05) is 24.5 Å². The van der Waals surface area contributed by atoms with E-state index in [9.17, 15) is 22.8 Å². The third-order valence-electron chi connectivity index (χ3n) is 6.65. The smallest absolute Gasteiger partial charge is 0.478 e. The van der Waals surface area contributed by atoms with Crippen molar-refractivity contribution in [3.8, 4) is 5.75 Å². The van der Waals surface area contributed by atoms with Gasteiger partial charge in [-0.15, -0.1) is 13.2 Å². The van der Waals surface area contributed by atoms with Gasteiger partial charge in [0.15, 0.2) is 0 Å². The molecule has 0 saturated carbocycles. The lowest BCUT2D eigenvalue weighted by molar-refractivity contribution is -0.275. The van der Waals surface area contributed by atoms with Gasteiger partial charge < -0.3 is 14.6 Å². The summed E-state index contributed by atoms with van der Waals surface area (Å²) in [5.41, 5.74) is 0.934. The Hall–Kier alpha value is -3.27. The molecule has 2 heterocycles. The molecular weight excluding hydrogens is 477 g/mol. The zero-order valence-electron chi connectivity index (χ0n) is 20.4. The third kappa shape index (κ3) is 5.75. The molecule has 0 radical (unpaired) electrons. The number of benzene rings is 2. The van der Waals surface area contributed by atoms with Crippen molar-refractivity contribution in [3.05, 3.63) is 59.2 Å². The Morgan fingerprint density at radius 3 is 2.28 bits per heavy atom. The average Bonchev–Trinajstić information content (AvgIpc) is 3.10. The molecule has 1 amide bonds. The van der Waals surface area contributed by atoms with E-state index in [0.717, 1.165) is 5.56 Å². The van der Waals surface area contributed by atoms with E-state index in [1.807, 2.05) is 20.8 Å². The highest BCUT2D eigenvalue weighted by molar-refractivity contribution is 5.92. The SMILES string of the molecule is CC(C)(C)c1cc(CN2CCC3(CC2)CN(c2ccc(C(=O)O)cc2)C(=O)O3)ccc1OC(F)(F)F. The van der Waals surface area contributed by atoms with Crippen molar-refractivity contribution in [3.63, 3.8) is 0 Å². The number of piperidine rings is 1. The Bertz CT molecular complexity index is 1130. The van der Waals surface area contributed by atoms with Crippen molar-refractivity contribution in [1.82, 2.24) is 4.90 Å². The molecule has 1 N–H and O–H groups in total. The van der Waals surface area contributed by atoms with Gasteiger partial charge in [0, 0.05) is 43.7 Å². The number of nitrogens with zero attached hydrogens (tertiary/aromatic N) is 2. The summed E-state index contributed by atoms with van der Waals surface area (Å²) in [6.45, 7) is 7.78. The molecule has 0 aliphatic carbocycles. The fourth-order valence-electron chi connectivity index (χ4n) is 4.72. The monoisotopic (exact) mass is 506 g/mol. The minimum atomic E-state index is -4.76. The van der Waals surface area contributed by atoms with Crippen LogP contribution in [-0.2, 0) is 16.7 Å². The number of likely N-dealkylation sites (tertiary alicyclic amines) is 1. The molecule has 2 fully saturated rings. The fourth-order valence-corrected chi connectivity index (χ4v) is 4.72. The quantitative estimate of drug-likeness (QED) is 0.571. The second kappa shape index (κ2) is 9.31. The van der Waals surface area contributed by atoms with Gasteiger partial charge in [-0.2, -0.15) is 0 Å². The number of amides is 1. The summed E-state index contributed by atoms with van der Waals surface area (Å²) in [6, 6.07) is 10.9. The molecule has 0 aromatic heterocycles. The van der Waals surface area contributed by atoms with Crippen LogP contribution in [0.5, 0.6) is 5.75 Å². The van der Waals surface area contributed by atoms with Crippen LogP contribution in [0.2, 0.25) is 0 Å². The van der Waals surface area contributed by atoms with Gasteiger partial charge in [0.2, 0.25) is 0 Å². The predicted molar refractivity (Wildman–Crippen MR) is 126 cm³/mol. The highest BCUT2D eigenvalue weighted by atomic mass is 19.4. The van der Waals surface area contributed by atoms with E-state index < -0.39 is 29.4 Å². The van der Waals surface area contributed by atoms with Crippen molar-refractivity contribution < 1.29 is 37.3 Å². The Morgan fingerprint density at radius 2 is 1.72 bits per heavy atom. The summed E-state index contributed by atoms with van der Waals surface area (Å²) in [6.07, 6.45) is -3.98. The number of alkyl halides is 3. The Kier molecular flexibility index (Phi) is 6.68. The normalized spacial score (nSPS) is 18.4. The van der Waals surface area contributed by atoms with Gasteiger partial charge in [0.1, 0.15) is 11.4 Å². The number of rotatable bonds is 5. The maximum atomic E-state index is 12.8. The second-order valence-corrected chi connectivity index (χ2v) is 10.4. The Morgan fingerprint density at radius 1 is 1.08 bits per heavy atom. The van der Waals surface area contributed by atoms with E-state index in [1.165, 1.54) is 23.1 Å². The highest BCUT2D eigenvalue weighted by Crippen LogP contribution is 2.38. The molecule has 2 aromatic carbocycles. The number of carbonyl (C=O) groups excluding carboxylic acids is 1. The lowest BCUT2D eigenvalue weighted by Crippen LogP contribution is -2.46. The number of ether oxygens (including phenoxy) is 2. The summed E-state index contributed by atoms with van der Waals surface area (Å²) >= 11 is 0. The van der Waals surface area contributed by atoms with E-state index in [1.54, 1.807) is 24.3 Å². The number of carboxylic acids is 1. The van der Waals surface area contributed by atoms with Crippen molar-refractivity contribution in [1.29, 1.82) is 0 Å². The molecule has 0 atom stereocenters. The van der Waals surface area contributed by atoms with Crippen LogP contribution >= 0.6 is 0 Å². The lowest BCUT2D eigenvalue weighted by atomic mass is 9.85. The minimum absolute atomic E-state index is 0.141. The predicted octanol–water partition coefficient (Wildman–Crippen LogP) is 5.57. The first-order valence-corrected chi connectivity index (χ1v) is 11.7. The van der Waals surface area contributed by atoms with E-state index in [0.29, 0.717) is 50.3 Å². The average molecular weight is 507 g/mol. The Balaban J connectivity index is 1.41. The lowest BCUT2D eigenvalue weighted by Gasteiger charge is -2.37. The van der Waals surface area contributed by atoms with E-state index in [2.05, 4.69) is 9.64 Å². The zero-order chi connectivity index (χ0) is 26.3. The largest absolute Gasteiger partial charge is 0.573 e. The number of hydrogen-bond donors (Lipinski definition) is 1. The molecule has 4 rings (SSSR count). The maximum Gasteiger partial charge on any atom is 0.573 e. The number of halogens is 3. The van der Waals surface area contributed by atoms with Gasteiger partial charge in [-0.1, -0.05) is 32.9 Å². The van der Waals surface area contributed by atoms with Crippen molar-refractivity contribution in [2.45, 2.75) is 57.5 Å². The summed E-state index contributed by atoms with van der Waals surface area (Å²) in [7, 11) is 0. The number of anilines is 1. The van der Waals surface area contributed by atoms with Crippen LogP contribution < -0.4 is 9.64 Å². The molecule has 2 saturated heterocycles. The molecule has 2 aliphatic heterocycles. The summed E-state index contributed by atoms with van der Waals surface area (Å²) in [5.74, 6) is -1.22. The molecule has 2 aliphatic rings. The standard InChI is InChI=1S/C26H29F3N2O5/c1-24(2,3)20-14-17(4-9-21(20)35-26(27,28)29)15-30-12-10-25(11-13-30)16-31(23(34)36-25)19-7-5-18(6-8-19)22(32)33/h4-9,14H,10-13,15-16H2,1-3H3,(H,32,33). The molecule has 1 spiro atoms. The molecule has 194 valence electrons. The number of carbonyl (C=O) groups is 2. The zero-order valence-corrected chi connectivity index (χ0v) is 20.4. The van der Waals surface area contributed by atoms with Crippen LogP contribution in [0.3, 0.4) is 0 Å². The number of hydrogen-bond acceptors (Lipinski definition) is 5. The van der Waals surface area contributed by atoms with Crippen LogP contribution in [0.15, 0.2) is 42.5 Å². The van der Waals surface area contributed by atoms with Crippen LogP contribution in [0.4, 0.5) is 23.7 Å². The summed E-state index contributed by atoms with van der Waals surface area (Å²) in [5, 5.41) is 9.07. The van der Waals surface area contributed by atoms with Crippen LogP contribution in [0.25, 0.3) is 0 Å². The summed E-state index contributed by atoms with van der Waals surface area (Å²) in [4.78, 5) is 27.4. The Labute approximate surface area is 207 Å². The van der Waals surface area contributed by atoms with Crippen molar-refractivity contribution >= 4 is 17.7 Å². The van der Waals surface area contributed by atoms with Crippen LogP contribution in [-0.4, -0.2) is 53.7 Å². The first-order valence-electron chi connectivity index (χ1n) is 11.7. The molecule has 2 aromatic rings. The van der Waals surface area contributed by atoms with Crippen LogP contribution in [0.1, 0.15) is 55.1 Å². The molecule has 0 bridgehead atoms. The van der Waals surface area contributed by atoms with Crippen LogP contribution in [0, 0.1) is 0 Å². The molecular formula is C26H29F3N2O5. The minimum Gasteiger partial charge on any atom is -0.478 e. The first-order chi connectivity index (χ1) is 16.7. The van der Waals surface area contributed by atoms with E-state index >= 15 is 0 Å². The third-order valence-corrected chi connectivity index (χ3v) is 6.65. The molecule has 10 heteroatoms. The van der Waals surface area contributed by atoms with Crippen molar-refractivity contribution in [2.24, 2.45) is 0 Å². The second-order valence-electron chi connectivity index (χ2n) is 10.4. The van der Waals surface area contributed by atoms with Gasteiger partial charge in [-0.25, -0.2) is 9.59 Å². The fraction of sp³-hybridized carbons (Fsp3) is 0.462. The van der Waals surface area contributed by atoms with Gasteiger partial charge >= 0.3 is 18.4 Å². The number of carboxylic acid groups (broad SMARTS) is 1. The van der Waals surface area contributed by atoms with Gasteiger partial charge in [0.05, 0.1) is 12.1 Å². The molecule has 0 unspecified atom stereocenters.